The number of rotatable bonds is 6. The summed E-state index contributed by atoms with van der Waals surface area (Å²) in [4.78, 5) is 2.15. The van der Waals surface area contributed by atoms with Crippen molar-refractivity contribution in [1.29, 1.82) is 0 Å². The zero-order chi connectivity index (χ0) is 17.9. The molecule has 2 atom stereocenters. The standard InChI is InChI=1S/C17H20FN7O/c1-13(26-16-5-2-4-14(18)10-16)11-25-17(20-21-22-25)23-9-6-15(12-23)24-8-3-7-19-24/h2-5,7-8,10,13,15H,6,9,11-12H2,1H3. The minimum atomic E-state index is -0.320. The molecule has 0 bridgehead atoms. The van der Waals surface area contributed by atoms with Crippen LogP contribution in [0.15, 0.2) is 42.7 Å². The minimum absolute atomic E-state index is 0.205. The molecule has 4 rings (SSSR count). The predicted molar refractivity (Wildman–Crippen MR) is 92.4 cm³/mol. The molecule has 3 heterocycles. The van der Waals surface area contributed by atoms with Gasteiger partial charge in [0, 0.05) is 31.5 Å². The van der Waals surface area contributed by atoms with E-state index in [0.29, 0.717) is 24.3 Å². The summed E-state index contributed by atoms with van der Waals surface area (Å²) in [6, 6.07) is 8.36. The number of nitrogens with zero attached hydrogens (tertiary/aromatic N) is 7. The molecule has 9 heteroatoms. The van der Waals surface area contributed by atoms with E-state index in [1.54, 1.807) is 23.0 Å². The first-order chi connectivity index (χ1) is 12.7. The van der Waals surface area contributed by atoms with Gasteiger partial charge in [-0.05, 0) is 42.0 Å². The summed E-state index contributed by atoms with van der Waals surface area (Å²) in [5, 5.41) is 16.4. The van der Waals surface area contributed by atoms with Crippen LogP contribution in [0.25, 0.3) is 0 Å². The van der Waals surface area contributed by atoms with Crippen molar-refractivity contribution in [2.75, 3.05) is 18.0 Å². The molecule has 26 heavy (non-hydrogen) atoms. The van der Waals surface area contributed by atoms with Gasteiger partial charge in [-0.25, -0.2) is 9.07 Å². The average Bonchev–Trinajstić information content (AvgIpc) is 3.35. The Morgan fingerprint density at radius 1 is 1.35 bits per heavy atom. The molecule has 0 N–H and O–H groups in total. The average molecular weight is 357 g/mol. The maximum Gasteiger partial charge on any atom is 0.245 e. The van der Waals surface area contributed by atoms with Gasteiger partial charge in [0.15, 0.2) is 0 Å². The van der Waals surface area contributed by atoms with Crippen LogP contribution in [0.1, 0.15) is 19.4 Å². The fourth-order valence-corrected chi connectivity index (χ4v) is 3.23. The van der Waals surface area contributed by atoms with Crippen LogP contribution in [0, 0.1) is 5.82 Å². The number of hydrogen-bond acceptors (Lipinski definition) is 6. The second kappa shape index (κ2) is 7.11. The number of aromatic nitrogens is 6. The molecule has 1 aliphatic rings. The van der Waals surface area contributed by atoms with Crippen molar-refractivity contribution in [3.05, 3.63) is 48.5 Å². The molecule has 0 saturated carbocycles. The number of ether oxygens (including phenoxy) is 1. The SMILES string of the molecule is CC(Cn1nnnc1N1CCC(n2cccn2)C1)Oc1cccc(F)c1. The van der Waals surface area contributed by atoms with Crippen molar-refractivity contribution < 1.29 is 9.13 Å². The van der Waals surface area contributed by atoms with E-state index in [4.69, 9.17) is 4.74 Å². The fraction of sp³-hybridized carbons (Fsp3) is 0.412. The van der Waals surface area contributed by atoms with Crippen LogP contribution in [0.2, 0.25) is 0 Å². The second-order valence-electron chi connectivity index (χ2n) is 6.42. The van der Waals surface area contributed by atoms with E-state index in [2.05, 4.69) is 25.5 Å². The van der Waals surface area contributed by atoms with Crippen LogP contribution in [0.4, 0.5) is 10.3 Å². The van der Waals surface area contributed by atoms with Gasteiger partial charge in [0.25, 0.3) is 0 Å². The zero-order valence-electron chi connectivity index (χ0n) is 14.4. The first kappa shape index (κ1) is 16.5. The minimum Gasteiger partial charge on any atom is -0.489 e. The summed E-state index contributed by atoms with van der Waals surface area (Å²) in [5.41, 5.74) is 0. The lowest BCUT2D eigenvalue weighted by Crippen LogP contribution is -2.28. The van der Waals surface area contributed by atoms with Gasteiger partial charge in [-0.3, -0.25) is 4.68 Å². The lowest BCUT2D eigenvalue weighted by Gasteiger charge is -2.19. The van der Waals surface area contributed by atoms with E-state index < -0.39 is 0 Å². The van der Waals surface area contributed by atoms with E-state index >= 15 is 0 Å². The zero-order valence-corrected chi connectivity index (χ0v) is 14.4. The summed E-state index contributed by atoms with van der Waals surface area (Å²) in [5.74, 6) is 0.890. The topological polar surface area (TPSA) is 73.9 Å². The number of benzene rings is 1. The molecule has 1 saturated heterocycles. The Bertz CT molecular complexity index is 850. The molecule has 8 nitrogen and oxygen atoms in total. The van der Waals surface area contributed by atoms with Crippen LogP contribution >= 0.6 is 0 Å². The smallest absolute Gasteiger partial charge is 0.245 e. The van der Waals surface area contributed by atoms with Gasteiger partial charge in [-0.2, -0.15) is 5.10 Å². The van der Waals surface area contributed by atoms with Crippen LogP contribution < -0.4 is 9.64 Å². The first-order valence-corrected chi connectivity index (χ1v) is 8.61. The maximum absolute atomic E-state index is 13.3. The highest BCUT2D eigenvalue weighted by Crippen LogP contribution is 2.25. The molecule has 0 spiro atoms. The summed E-state index contributed by atoms with van der Waals surface area (Å²) in [6.45, 7) is 4.06. The van der Waals surface area contributed by atoms with Crippen molar-refractivity contribution in [3.63, 3.8) is 0 Å². The predicted octanol–water partition coefficient (Wildman–Crippen LogP) is 1.93. The van der Waals surface area contributed by atoms with Crippen molar-refractivity contribution >= 4 is 5.95 Å². The Hall–Kier alpha value is -2.97. The van der Waals surface area contributed by atoms with Crippen molar-refractivity contribution in [3.8, 4) is 5.75 Å². The maximum atomic E-state index is 13.3. The summed E-state index contributed by atoms with van der Waals surface area (Å²) in [6.07, 6.45) is 4.55. The molecule has 0 amide bonds. The van der Waals surface area contributed by atoms with Gasteiger partial charge < -0.3 is 9.64 Å². The van der Waals surface area contributed by atoms with Gasteiger partial charge in [0.05, 0.1) is 12.6 Å². The van der Waals surface area contributed by atoms with Crippen LogP contribution in [-0.2, 0) is 6.54 Å². The second-order valence-corrected chi connectivity index (χ2v) is 6.42. The number of tetrazole rings is 1. The fourth-order valence-electron chi connectivity index (χ4n) is 3.23. The third kappa shape index (κ3) is 3.51. The van der Waals surface area contributed by atoms with Crippen molar-refractivity contribution in [1.82, 2.24) is 30.0 Å². The van der Waals surface area contributed by atoms with Crippen LogP contribution in [0.3, 0.4) is 0 Å². The molecule has 0 aliphatic carbocycles. The van der Waals surface area contributed by atoms with E-state index in [9.17, 15) is 4.39 Å². The Morgan fingerprint density at radius 3 is 3.08 bits per heavy atom. The Labute approximate surface area is 150 Å². The van der Waals surface area contributed by atoms with E-state index in [0.717, 1.165) is 19.5 Å². The monoisotopic (exact) mass is 357 g/mol. The number of anilines is 1. The lowest BCUT2D eigenvalue weighted by atomic mass is 10.3. The van der Waals surface area contributed by atoms with E-state index in [-0.39, 0.29) is 11.9 Å². The van der Waals surface area contributed by atoms with Gasteiger partial charge >= 0.3 is 0 Å². The summed E-state index contributed by atoms with van der Waals surface area (Å²) in [7, 11) is 0. The molecule has 2 unspecified atom stereocenters. The Morgan fingerprint density at radius 2 is 2.27 bits per heavy atom. The molecule has 0 radical (unpaired) electrons. The molecule has 1 fully saturated rings. The molecule has 3 aromatic rings. The summed E-state index contributed by atoms with van der Waals surface area (Å²) >= 11 is 0. The van der Waals surface area contributed by atoms with Crippen molar-refractivity contribution in [2.24, 2.45) is 0 Å². The highest BCUT2D eigenvalue weighted by Gasteiger charge is 2.28. The molecule has 2 aromatic heterocycles. The van der Waals surface area contributed by atoms with Crippen LogP contribution in [-0.4, -0.2) is 49.2 Å². The lowest BCUT2D eigenvalue weighted by molar-refractivity contribution is 0.192. The highest BCUT2D eigenvalue weighted by molar-refractivity contribution is 5.30. The quantitative estimate of drug-likeness (QED) is 0.671. The third-order valence-corrected chi connectivity index (χ3v) is 4.42. The normalized spacial score (nSPS) is 18.2. The van der Waals surface area contributed by atoms with Crippen molar-refractivity contribution in [2.45, 2.75) is 32.0 Å². The molecular weight excluding hydrogens is 337 g/mol. The summed E-state index contributed by atoms with van der Waals surface area (Å²) < 4.78 is 22.8. The third-order valence-electron chi connectivity index (χ3n) is 4.42. The van der Waals surface area contributed by atoms with Gasteiger partial charge in [-0.1, -0.05) is 11.2 Å². The van der Waals surface area contributed by atoms with Crippen LogP contribution in [0.5, 0.6) is 5.75 Å². The largest absolute Gasteiger partial charge is 0.489 e. The van der Waals surface area contributed by atoms with Gasteiger partial charge in [0.1, 0.15) is 17.7 Å². The molecule has 136 valence electrons. The Kier molecular flexibility index (Phi) is 4.51. The molecule has 1 aliphatic heterocycles. The van der Waals surface area contributed by atoms with E-state index in [1.807, 2.05) is 23.9 Å². The van der Waals surface area contributed by atoms with Gasteiger partial charge in [-0.15, -0.1) is 0 Å². The molecular formula is C17H20FN7O. The van der Waals surface area contributed by atoms with Gasteiger partial charge in [0.2, 0.25) is 5.95 Å². The first-order valence-electron chi connectivity index (χ1n) is 8.61. The number of hydrogen-bond donors (Lipinski definition) is 0. The van der Waals surface area contributed by atoms with E-state index in [1.165, 1.54) is 12.1 Å². The highest BCUT2D eigenvalue weighted by atomic mass is 19.1. The number of halogens is 1. The Balaban J connectivity index is 1.41. The molecule has 1 aromatic carbocycles.